The minimum Gasteiger partial charge on any atom is -0.424 e. The summed E-state index contributed by atoms with van der Waals surface area (Å²) in [5, 5.41) is 9.60. The number of hydrogen-bond donors (Lipinski definition) is 0. The summed E-state index contributed by atoms with van der Waals surface area (Å²) in [4.78, 5) is 0. The van der Waals surface area contributed by atoms with Crippen LogP contribution in [0.25, 0.3) is 0 Å². The quantitative estimate of drug-likeness (QED) is 0.665. The Bertz CT molecular complexity index is 756. The predicted octanol–water partition coefficient (Wildman–Crippen LogP) is 5.79. The van der Waals surface area contributed by atoms with Crippen molar-refractivity contribution in [1.29, 1.82) is 0 Å². The van der Waals surface area contributed by atoms with Crippen LogP contribution in [0.1, 0.15) is 103 Å². The van der Waals surface area contributed by atoms with E-state index < -0.39 is 0 Å². The molecule has 9 rings (SSSR count). The summed E-state index contributed by atoms with van der Waals surface area (Å²) in [5.41, 5.74) is 1.44. The van der Waals surface area contributed by atoms with Crippen molar-refractivity contribution in [2.45, 2.75) is 102 Å². The molecule has 2 unspecified atom stereocenters. The van der Waals surface area contributed by atoms with Crippen molar-refractivity contribution >= 4 is 0 Å². The minimum atomic E-state index is 0.191. The van der Waals surface area contributed by atoms with Crippen LogP contribution in [0, 0.1) is 34.5 Å². The smallest absolute Gasteiger partial charge is 0.222 e. The first kappa shape index (κ1) is 16.0. The molecule has 0 amide bonds. The molecule has 8 bridgehead atoms. The molecule has 0 radical (unpaired) electrons. The maximum Gasteiger partial charge on any atom is 0.222 e. The molecule has 1 heterocycles. The Kier molecular flexibility index (Phi) is 2.75. The molecule has 0 aliphatic heterocycles. The fourth-order valence-electron chi connectivity index (χ4n) is 10.7. The van der Waals surface area contributed by atoms with E-state index in [-0.39, 0.29) is 10.8 Å². The first-order chi connectivity index (χ1) is 12.9. The first-order valence-electron chi connectivity index (χ1n) is 11.7. The zero-order chi connectivity index (χ0) is 18.1. The van der Waals surface area contributed by atoms with Gasteiger partial charge in [0.05, 0.1) is 0 Å². The molecule has 27 heavy (non-hydrogen) atoms. The SMILES string of the molecule is CC12CC3CC(C)(C1)CC(c1nnc(C45CC6CC(CC(C6)C4)C5)o1)(C3)C2. The van der Waals surface area contributed by atoms with Crippen LogP contribution in [0.4, 0.5) is 0 Å². The second-order valence-electron chi connectivity index (χ2n) is 13.0. The third kappa shape index (κ3) is 2.10. The molecule has 1 aromatic heterocycles. The molecule has 1 aromatic rings. The topological polar surface area (TPSA) is 38.9 Å². The monoisotopic (exact) mass is 366 g/mol. The van der Waals surface area contributed by atoms with Gasteiger partial charge >= 0.3 is 0 Å². The lowest BCUT2D eigenvalue weighted by molar-refractivity contribution is -0.118. The van der Waals surface area contributed by atoms with Gasteiger partial charge in [0.1, 0.15) is 0 Å². The lowest BCUT2D eigenvalue weighted by Crippen LogP contribution is -2.57. The third-order valence-corrected chi connectivity index (χ3v) is 10.00. The van der Waals surface area contributed by atoms with Gasteiger partial charge in [-0.2, -0.15) is 0 Å². The van der Waals surface area contributed by atoms with Gasteiger partial charge in [0.25, 0.3) is 0 Å². The van der Waals surface area contributed by atoms with E-state index in [1.807, 2.05) is 0 Å². The zero-order valence-electron chi connectivity index (χ0n) is 17.1. The molecule has 8 saturated carbocycles. The Morgan fingerprint density at radius 3 is 1.63 bits per heavy atom. The van der Waals surface area contributed by atoms with Crippen LogP contribution in [0.3, 0.4) is 0 Å². The standard InChI is InChI=1S/C24H34N2O/c1-21-6-18-7-22(2,12-21)14-24(11-18,13-21)20-26-25-19(27-20)23-8-15-3-16(9-23)5-17(4-15)10-23/h15-18H,3-14H2,1-2H3. The normalized spacial score (nSPS) is 57.6. The summed E-state index contributed by atoms with van der Waals surface area (Å²) in [6.07, 6.45) is 16.6. The lowest BCUT2D eigenvalue weighted by atomic mass is 9.40. The largest absolute Gasteiger partial charge is 0.424 e. The van der Waals surface area contributed by atoms with Gasteiger partial charge in [-0.15, -0.1) is 10.2 Å². The van der Waals surface area contributed by atoms with Gasteiger partial charge in [-0.25, -0.2) is 0 Å². The van der Waals surface area contributed by atoms with Crippen LogP contribution in [0.15, 0.2) is 4.42 Å². The number of rotatable bonds is 2. The molecule has 3 nitrogen and oxygen atoms in total. The average molecular weight is 367 g/mol. The van der Waals surface area contributed by atoms with Gasteiger partial charge in [0.2, 0.25) is 11.8 Å². The van der Waals surface area contributed by atoms with Crippen molar-refractivity contribution in [2.24, 2.45) is 34.5 Å². The van der Waals surface area contributed by atoms with Crippen molar-refractivity contribution in [2.75, 3.05) is 0 Å². The zero-order valence-corrected chi connectivity index (χ0v) is 17.1. The Labute approximate surface area is 163 Å². The van der Waals surface area contributed by atoms with E-state index in [0.717, 1.165) is 35.5 Å². The molecule has 0 N–H and O–H groups in total. The highest BCUT2D eigenvalue weighted by atomic mass is 16.4. The van der Waals surface area contributed by atoms with Crippen LogP contribution in [-0.2, 0) is 10.8 Å². The van der Waals surface area contributed by atoms with Crippen LogP contribution < -0.4 is 0 Å². The Morgan fingerprint density at radius 1 is 0.630 bits per heavy atom. The molecular weight excluding hydrogens is 332 g/mol. The summed E-state index contributed by atoms with van der Waals surface area (Å²) < 4.78 is 6.72. The van der Waals surface area contributed by atoms with Crippen molar-refractivity contribution in [1.82, 2.24) is 10.2 Å². The third-order valence-electron chi connectivity index (χ3n) is 10.00. The van der Waals surface area contributed by atoms with Gasteiger partial charge in [-0.1, -0.05) is 13.8 Å². The molecule has 8 aliphatic carbocycles. The summed E-state index contributed by atoms with van der Waals surface area (Å²) in [5.74, 6) is 5.76. The second kappa shape index (κ2) is 4.65. The fraction of sp³-hybridized carbons (Fsp3) is 0.917. The van der Waals surface area contributed by atoms with Gasteiger partial charge < -0.3 is 4.42 Å². The van der Waals surface area contributed by atoms with E-state index in [2.05, 4.69) is 13.8 Å². The summed E-state index contributed by atoms with van der Waals surface area (Å²) in [6, 6.07) is 0. The van der Waals surface area contributed by atoms with E-state index in [1.54, 1.807) is 0 Å². The van der Waals surface area contributed by atoms with E-state index in [9.17, 15) is 0 Å². The molecule has 8 aliphatic rings. The second-order valence-corrected chi connectivity index (χ2v) is 13.0. The highest BCUT2D eigenvalue weighted by Gasteiger charge is 2.63. The van der Waals surface area contributed by atoms with E-state index in [4.69, 9.17) is 14.6 Å². The molecule has 8 fully saturated rings. The molecule has 146 valence electrons. The van der Waals surface area contributed by atoms with E-state index in [1.165, 1.54) is 77.0 Å². The predicted molar refractivity (Wildman–Crippen MR) is 103 cm³/mol. The molecule has 2 atom stereocenters. The van der Waals surface area contributed by atoms with Crippen molar-refractivity contribution in [3.63, 3.8) is 0 Å². The summed E-state index contributed by atoms with van der Waals surface area (Å²) in [6.45, 7) is 5.09. The fourth-order valence-corrected chi connectivity index (χ4v) is 10.7. The lowest BCUT2D eigenvalue weighted by Gasteiger charge is -2.64. The number of aromatic nitrogens is 2. The minimum absolute atomic E-state index is 0.191. The summed E-state index contributed by atoms with van der Waals surface area (Å²) in [7, 11) is 0. The average Bonchev–Trinajstić information content (AvgIpc) is 3.01. The highest BCUT2D eigenvalue weighted by Crippen LogP contribution is 2.70. The Balaban J connectivity index is 1.27. The van der Waals surface area contributed by atoms with Crippen LogP contribution in [-0.4, -0.2) is 10.2 Å². The van der Waals surface area contributed by atoms with Gasteiger partial charge in [-0.05, 0) is 112 Å². The van der Waals surface area contributed by atoms with E-state index in [0.29, 0.717) is 10.8 Å². The van der Waals surface area contributed by atoms with Crippen molar-refractivity contribution in [3.05, 3.63) is 11.8 Å². The van der Waals surface area contributed by atoms with Crippen molar-refractivity contribution in [3.8, 4) is 0 Å². The van der Waals surface area contributed by atoms with Crippen LogP contribution in [0.2, 0.25) is 0 Å². The van der Waals surface area contributed by atoms with Gasteiger partial charge in [-0.3, -0.25) is 0 Å². The molecule has 0 aromatic carbocycles. The molecule has 0 spiro atoms. The van der Waals surface area contributed by atoms with Gasteiger partial charge in [0, 0.05) is 10.8 Å². The Hall–Kier alpha value is -0.860. The summed E-state index contributed by atoms with van der Waals surface area (Å²) >= 11 is 0. The van der Waals surface area contributed by atoms with Crippen LogP contribution >= 0.6 is 0 Å². The maximum atomic E-state index is 6.72. The van der Waals surface area contributed by atoms with E-state index >= 15 is 0 Å². The molecule has 3 heteroatoms. The van der Waals surface area contributed by atoms with Crippen molar-refractivity contribution < 1.29 is 4.42 Å². The van der Waals surface area contributed by atoms with Gasteiger partial charge in [0.15, 0.2) is 0 Å². The number of nitrogens with zero attached hydrogens (tertiary/aromatic N) is 2. The highest BCUT2D eigenvalue weighted by molar-refractivity contribution is 5.22. The first-order valence-corrected chi connectivity index (χ1v) is 11.7. The number of hydrogen-bond acceptors (Lipinski definition) is 3. The molecule has 0 saturated heterocycles. The molecular formula is C24H34N2O. The maximum absolute atomic E-state index is 6.72. The Morgan fingerprint density at radius 2 is 1.11 bits per heavy atom. The van der Waals surface area contributed by atoms with Crippen LogP contribution in [0.5, 0.6) is 0 Å².